The Labute approximate surface area is 198 Å². The van der Waals surface area contributed by atoms with E-state index in [0.717, 1.165) is 20.6 Å². The maximum atomic E-state index is 11.7. The molecule has 0 spiro atoms. The van der Waals surface area contributed by atoms with E-state index in [1.165, 1.54) is 0 Å². The lowest BCUT2D eigenvalue weighted by Gasteiger charge is -2.21. The Hall–Kier alpha value is -2.20. The fourth-order valence-corrected chi connectivity index (χ4v) is 3.73. The fourth-order valence-electron chi connectivity index (χ4n) is 2.93. The van der Waals surface area contributed by atoms with Gasteiger partial charge in [0.25, 0.3) is 0 Å². The molecule has 0 aliphatic carbocycles. The lowest BCUT2D eigenvalue weighted by Crippen LogP contribution is -2.22. The predicted molar refractivity (Wildman–Crippen MR) is 129 cm³/mol. The third kappa shape index (κ3) is 7.77. The SMILES string of the molecule is CCOC(=O)C(C)CC(N)c1c(OC)cccc1OC.COc1cccc(OC)c1I. The molecule has 0 aliphatic rings. The highest BCUT2D eigenvalue weighted by atomic mass is 127. The van der Waals surface area contributed by atoms with E-state index in [-0.39, 0.29) is 17.9 Å². The van der Waals surface area contributed by atoms with Crippen LogP contribution < -0.4 is 24.7 Å². The van der Waals surface area contributed by atoms with Gasteiger partial charge in [0.1, 0.15) is 23.0 Å². The van der Waals surface area contributed by atoms with Gasteiger partial charge in [-0.25, -0.2) is 0 Å². The van der Waals surface area contributed by atoms with E-state index in [2.05, 4.69) is 22.6 Å². The maximum Gasteiger partial charge on any atom is 0.308 e. The van der Waals surface area contributed by atoms with Gasteiger partial charge in [-0.3, -0.25) is 4.79 Å². The molecular weight excluding hydrogens is 513 g/mol. The first kappa shape index (κ1) is 26.8. The molecule has 0 saturated heterocycles. The van der Waals surface area contributed by atoms with Crippen LogP contribution in [0.3, 0.4) is 0 Å². The Morgan fingerprint density at radius 2 is 1.32 bits per heavy atom. The number of esters is 1. The third-order valence-electron chi connectivity index (χ3n) is 4.50. The molecule has 2 unspecified atom stereocenters. The van der Waals surface area contributed by atoms with Gasteiger partial charge in [-0.15, -0.1) is 0 Å². The Bertz CT molecular complexity index is 785. The molecule has 31 heavy (non-hydrogen) atoms. The van der Waals surface area contributed by atoms with Gasteiger partial charge in [0.15, 0.2) is 0 Å². The van der Waals surface area contributed by atoms with Crippen molar-refractivity contribution in [2.75, 3.05) is 35.0 Å². The monoisotopic (exact) mass is 545 g/mol. The van der Waals surface area contributed by atoms with Crippen LogP contribution >= 0.6 is 22.6 Å². The van der Waals surface area contributed by atoms with Gasteiger partial charge in [-0.05, 0) is 60.2 Å². The lowest BCUT2D eigenvalue weighted by molar-refractivity contribution is -0.147. The summed E-state index contributed by atoms with van der Waals surface area (Å²) in [5.74, 6) is 2.51. The van der Waals surface area contributed by atoms with Gasteiger partial charge in [-0.1, -0.05) is 19.1 Å². The first-order chi connectivity index (χ1) is 14.8. The number of halogens is 1. The van der Waals surface area contributed by atoms with Crippen LogP contribution in [0.1, 0.15) is 31.9 Å². The minimum Gasteiger partial charge on any atom is -0.496 e. The summed E-state index contributed by atoms with van der Waals surface area (Å²) in [7, 11) is 6.47. The van der Waals surface area contributed by atoms with Crippen molar-refractivity contribution < 1.29 is 28.5 Å². The number of carbonyl (C=O) groups is 1. The molecule has 7 nitrogen and oxygen atoms in total. The molecule has 172 valence electrons. The average molecular weight is 545 g/mol. The summed E-state index contributed by atoms with van der Waals surface area (Å²) >= 11 is 2.19. The second-order valence-corrected chi connectivity index (χ2v) is 7.63. The van der Waals surface area contributed by atoms with Crippen molar-refractivity contribution >= 4 is 28.6 Å². The number of ether oxygens (including phenoxy) is 5. The zero-order valence-corrected chi connectivity index (χ0v) is 21.1. The summed E-state index contributed by atoms with van der Waals surface area (Å²) in [4.78, 5) is 11.7. The molecule has 0 amide bonds. The van der Waals surface area contributed by atoms with Crippen molar-refractivity contribution in [1.29, 1.82) is 0 Å². The standard InChI is InChI=1S/C15H23NO4.C8H9IO2/c1-5-20-15(17)10(2)9-11(16)14-12(18-3)7-6-8-13(14)19-4;1-10-6-4-3-5-7(11-2)8(6)9/h6-8,10-11H,5,9,16H2,1-4H3;3-5H,1-2H3. The Balaban J connectivity index is 0.000000367. The molecule has 0 aliphatic heterocycles. The number of methoxy groups -OCH3 is 4. The normalized spacial score (nSPS) is 12.0. The van der Waals surface area contributed by atoms with Gasteiger partial charge >= 0.3 is 5.97 Å². The zero-order valence-electron chi connectivity index (χ0n) is 18.9. The third-order valence-corrected chi connectivity index (χ3v) is 5.56. The highest BCUT2D eigenvalue weighted by Gasteiger charge is 2.23. The second-order valence-electron chi connectivity index (χ2n) is 6.55. The summed E-state index contributed by atoms with van der Waals surface area (Å²) in [5, 5.41) is 0. The second kappa shape index (κ2) is 14.0. The molecular formula is C23H32INO6. The molecule has 2 aromatic carbocycles. The summed E-state index contributed by atoms with van der Waals surface area (Å²) in [6.45, 7) is 3.96. The molecule has 0 radical (unpaired) electrons. The van der Waals surface area contributed by atoms with Crippen LogP contribution in [0.15, 0.2) is 36.4 Å². The lowest BCUT2D eigenvalue weighted by atomic mass is 9.95. The van der Waals surface area contributed by atoms with Gasteiger partial charge in [0.2, 0.25) is 0 Å². The minimum absolute atomic E-state index is 0.239. The topological polar surface area (TPSA) is 89.2 Å². The van der Waals surface area contributed by atoms with Crippen molar-refractivity contribution in [3.8, 4) is 23.0 Å². The number of hydrogen-bond donors (Lipinski definition) is 1. The van der Waals surface area contributed by atoms with Gasteiger partial charge < -0.3 is 29.4 Å². The van der Waals surface area contributed by atoms with Crippen LogP contribution in [-0.2, 0) is 9.53 Å². The number of benzene rings is 2. The summed E-state index contributed by atoms with van der Waals surface area (Å²) in [6, 6.07) is 10.8. The Kier molecular flexibility index (Phi) is 12.1. The molecule has 2 atom stereocenters. The molecule has 0 heterocycles. The molecule has 2 rings (SSSR count). The molecule has 2 N–H and O–H groups in total. The summed E-state index contributed by atoms with van der Waals surface area (Å²) in [6.07, 6.45) is 0.468. The fraction of sp³-hybridized carbons (Fsp3) is 0.435. The van der Waals surface area contributed by atoms with Crippen molar-refractivity contribution in [3.63, 3.8) is 0 Å². The average Bonchev–Trinajstić information content (AvgIpc) is 2.79. The van der Waals surface area contributed by atoms with Crippen LogP contribution in [0.4, 0.5) is 0 Å². The van der Waals surface area contributed by atoms with E-state index in [9.17, 15) is 4.79 Å². The highest BCUT2D eigenvalue weighted by Crippen LogP contribution is 2.35. The Morgan fingerprint density at radius 1 is 0.903 bits per heavy atom. The van der Waals surface area contributed by atoms with Gasteiger partial charge in [-0.2, -0.15) is 0 Å². The van der Waals surface area contributed by atoms with Crippen molar-refractivity contribution in [2.24, 2.45) is 11.7 Å². The quantitative estimate of drug-likeness (QED) is 0.364. The van der Waals surface area contributed by atoms with E-state index in [0.29, 0.717) is 24.5 Å². The summed E-state index contributed by atoms with van der Waals surface area (Å²) < 4.78 is 26.9. The van der Waals surface area contributed by atoms with E-state index in [4.69, 9.17) is 29.4 Å². The predicted octanol–water partition coefficient (Wildman–Crippen LogP) is 4.60. The zero-order chi connectivity index (χ0) is 23.4. The van der Waals surface area contributed by atoms with Crippen molar-refractivity contribution in [2.45, 2.75) is 26.3 Å². The van der Waals surface area contributed by atoms with Gasteiger partial charge in [0, 0.05) is 6.04 Å². The molecule has 2 aromatic rings. The first-order valence-corrected chi connectivity index (χ1v) is 10.9. The van der Waals surface area contributed by atoms with Crippen LogP contribution in [0.2, 0.25) is 0 Å². The van der Waals surface area contributed by atoms with Crippen molar-refractivity contribution in [3.05, 3.63) is 45.5 Å². The van der Waals surface area contributed by atoms with Crippen LogP contribution in [0.25, 0.3) is 0 Å². The molecule has 8 heteroatoms. The maximum absolute atomic E-state index is 11.7. The molecule has 0 fully saturated rings. The number of nitrogens with two attached hydrogens (primary N) is 1. The van der Waals surface area contributed by atoms with Gasteiger partial charge in [0.05, 0.1) is 50.1 Å². The minimum atomic E-state index is -0.361. The van der Waals surface area contributed by atoms with E-state index in [1.807, 2.05) is 36.4 Å². The van der Waals surface area contributed by atoms with Crippen LogP contribution in [0.5, 0.6) is 23.0 Å². The number of carbonyl (C=O) groups excluding carboxylic acids is 1. The molecule has 0 aromatic heterocycles. The Morgan fingerprint density at radius 3 is 1.71 bits per heavy atom. The van der Waals surface area contributed by atoms with E-state index >= 15 is 0 Å². The van der Waals surface area contributed by atoms with E-state index < -0.39 is 0 Å². The van der Waals surface area contributed by atoms with Crippen LogP contribution in [0, 0.1) is 9.49 Å². The van der Waals surface area contributed by atoms with Crippen LogP contribution in [-0.4, -0.2) is 41.0 Å². The molecule has 0 bridgehead atoms. The first-order valence-electron chi connectivity index (χ1n) is 9.84. The number of hydrogen-bond acceptors (Lipinski definition) is 7. The number of rotatable bonds is 9. The largest absolute Gasteiger partial charge is 0.496 e. The molecule has 0 saturated carbocycles. The van der Waals surface area contributed by atoms with Crippen molar-refractivity contribution in [1.82, 2.24) is 0 Å². The van der Waals surface area contributed by atoms with E-state index in [1.54, 1.807) is 42.3 Å². The summed E-state index contributed by atoms with van der Waals surface area (Å²) in [5.41, 5.74) is 6.99. The highest BCUT2D eigenvalue weighted by molar-refractivity contribution is 14.1. The smallest absolute Gasteiger partial charge is 0.308 e.